The Morgan fingerprint density at radius 2 is 1.92 bits per heavy atom. The first-order valence-corrected chi connectivity index (χ1v) is 12.3. The number of unbranched alkanes of at least 4 members (excludes halogenated alkanes) is 1. The first kappa shape index (κ1) is 25.4. The molecule has 1 aromatic carbocycles. The molecule has 1 aliphatic heterocycles. The maximum absolute atomic E-state index is 13.3. The number of methoxy groups -OCH3 is 1. The number of ether oxygens (including phenoxy) is 2. The highest BCUT2D eigenvalue weighted by molar-refractivity contribution is 6.46. The fraction of sp³-hybridized carbons (Fsp3) is 0.393. The zero-order valence-corrected chi connectivity index (χ0v) is 21.3. The van der Waals surface area contributed by atoms with Crippen molar-refractivity contribution in [3.63, 3.8) is 0 Å². The predicted molar refractivity (Wildman–Crippen MR) is 137 cm³/mol. The van der Waals surface area contributed by atoms with Crippen LogP contribution in [0.2, 0.25) is 0 Å². The van der Waals surface area contributed by atoms with E-state index in [0.717, 1.165) is 18.4 Å². The summed E-state index contributed by atoms with van der Waals surface area (Å²) in [6.45, 7) is 7.19. The third-order valence-electron chi connectivity index (χ3n) is 6.54. The highest BCUT2D eigenvalue weighted by Gasteiger charge is 2.46. The van der Waals surface area contributed by atoms with Gasteiger partial charge in [0.25, 0.3) is 11.7 Å². The Morgan fingerprint density at radius 3 is 2.64 bits per heavy atom. The molecule has 1 fully saturated rings. The van der Waals surface area contributed by atoms with Gasteiger partial charge in [-0.2, -0.15) is 0 Å². The molecule has 3 aromatic rings. The van der Waals surface area contributed by atoms with Crippen molar-refractivity contribution in [3.05, 3.63) is 70.7 Å². The molecule has 0 bridgehead atoms. The second-order valence-corrected chi connectivity index (χ2v) is 9.04. The number of carbonyl (C=O) groups excluding carboxylic acids is 2. The van der Waals surface area contributed by atoms with Crippen LogP contribution in [0.15, 0.2) is 48.2 Å². The number of pyridine rings is 1. The van der Waals surface area contributed by atoms with E-state index in [2.05, 4.69) is 11.9 Å². The number of imidazole rings is 1. The van der Waals surface area contributed by atoms with Gasteiger partial charge in [-0.1, -0.05) is 31.5 Å². The van der Waals surface area contributed by atoms with E-state index in [-0.39, 0.29) is 11.3 Å². The zero-order valence-electron chi connectivity index (χ0n) is 21.3. The molecule has 1 N–H and O–H groups in total. The zero-order chi connectivity index (χ0) is 25.8. The predicted octanol–water partition coefficient (Wildman–Crippen LogP) is 4.59. The highest BCUT2D eigenvalue weighted by Crippen LogP contribution is 2.40. The number of benzene rings is 1. The van der Waals surface area contributed by atoms with E-state index in [4.69, 9.17) is 9.47 Å². The summed E-state index contributed by atoms with van der Waals surface area (Å²) in [5.41, 5.74) is 3.33. The van der Waals surface area contributed by atoms with Crippen LogP contribution in [0.25, 0.3) is 11.4 Å². The molecule has 8 heteroatoms. The first-order valence-electron chi connectivity index (χ1n) is 12.3. The van der Waals surface area contributed by atoms with Gasteiger partial charge in [0.2, 0.25) is 0 Å². The van der Waals surface area contributed by atoms with Gasteiger partial charge in [-0.15, -0.1) is 0 Å². The van der Waals surface area contributed by atoms with E-state index in [1.54, 1.807) is 7.11 Å². The number of Topliss-reactive ketones (excluding diaryl/α,β-unsaturated/α-hetero) is 1. The lowest BCUT2D eigenvalue weighted by atomic mass is 9.96. The van der Waals surface area contributed by atoms with Crippen LogP contribution in [0.3, 0.4) is 0 Å². The molecule has 8 nitrogen and oxygen atoms in total. The van der Waals surface area contributed by atoms with E-state index in [1.165, 1.54) is 4.90 Å². The van der Waals surface area contributed by atoms with E-state index in [0.29, 0.717) is 54.5 Å². The minimum atomic E-state index is -0.762. The van der Waals surface area contributed by atoms with E-state index >= 15 is 0 Å². The normalized spacial score (nSPS) is 17.3. The van der Waals surface area contributed by atoms with Gasteiger partial charge >= 0.3 is 0 Å². The SMILES string of the molecule is CCCCOc1cccc(C2/C(=C(\O)c3nc4c(C)cccn4c3C)C(=O)C(=O)N2CCCOC)c1. The van der Waals surface area contributed by atoms with Crippen LogP contribution in [0.4, 0.5) is 0 Å². The summed E-state index contributed by atoms with van der Waals surface area (Å²) in [5.74, 6) is -0.985. The van der Waals surface area contributed by atoms with Gasteiger partial charge in [0.05, 0.1) is 23.9 Å². The average molecular weight is 492 g/mol. The molecule has 0 saturated carbocycles. The Balaban J connectivity index is 1.84. The number of nitrogens with zero attached hydrogens (tertiary/aromatic N) is 3. The van der Waals surface area contributed by atoms with Gasteiger partial charge in [-0.3, -0.25) is 9.59 Å². The number of aryl methyl sites for hydroxylation is 2. The number of rotatable bonds is 10. The average Bonchev–Trinajstić information content (AvgIpc) is 3.34. The summed E-state index contributed by atoms with van der Waals surface area (Å²) >= 11 is 0. The molecule has 1 saturated heterocycles. The van der Waals surface area contributed by atoms with Crippen molar-refractivity contribution in [2.75, 3.05) is 26.9 Å². The van der Waals surface area contributed by atoms with Crippen molar-refractivity contribution in [1.29, 1.82) is 0 Å². The molecule has 2 aromatic heterocycles. The maximum Gasteiger partial charge on any atom is 0.295 e. The van der Waals surface area contributed by atoms with Crippen LogP contribution in [0.1, 0.15) is 54.7 Å². The second kappa shape index (κ2) is 11.0. The molecule has 0 aliphatic carbocycles. The summed E-state index contributed by atoms with van der Waals surface area (Å²) < 4.78 is 12.9. The van der Waals surface area contributed by atoms with Crippen molar-refractivity contribution in [3.8, 4) is 5.75 Å². The van der Waals surface area contributed by atoms with Gasteiger partial charge in [-0.05, 0) is 56.0 Å². The number of ketones is 1. The van der Waals surface area contributed by atoms with Crippen LogP contribution in [-0.2, 0) is 14.3 Å². The molecule has 0 spiro atoms. The Labute approximate surface area is 211 Å². The number of hydrogen-bond donors (Lipinski definition) is 1. The van der Waals surface area contributed by atoms with Crippen LogP contribution in [-0.4, -0.2) is 57.9 Å². The lowest BCUT2D eigenvalue weighted by Crippen LogP contribution is -2.31. The van der Waals surface area contributed by atoms with Crippen molar-refractivity contribution in [2.24, 2.45) is 0 Å². The van der Waals surface area contributed by atoms with Gasteiger partial charge in [-0.25, -0.2) is 4.98 Å². The maximum atomic E-state index is 13.3. The van der Waals surface area contributed by atoms with Crippen molar-refractivity contribution >= 4 is 23.1 Å². The molecule has 1 aliphatic rings. The summed E-state index contributed by atoms with van der Waals surface area (Å²) in [7, 11) is 1.59. The number of aliphatic hydroxyl groups is 1. The third kappa shape index (κ3) is 4.73. The minimum absolute atomic E-state index is 0.0345. The van der Waals surface area contributed by atoms with Crippen molar-refractivity contribution in [2.45, 2.75) is 46.1 Å². The Morgan fingerprint density at radius 1 is 1.11 bits per heavy atom. The fourth-order valence-electron chi connectivity index (χ4n) is 4.62. The standard InChI is InChI=1S/C28H33N3O5/c1-5-6-16-36-21-12-7-11-20(17-21)24-22(26(33)28(34)31(24)14-9-15-35-4)25(32)23-19(3)30-13-8-10-18(2)27(30)29-23/h7-8,10-13,17,24,32H,5-6,9,14-16H2,1-4H3/b25-22+. The Bertz CT molecular complexity index is 1310. The number of aliphatic hydroxyl groups excluding tert-OH is 1. The number of amides is 1. The largest absolute Gasteiger partial charge is 0.505 e. The molecule has 3 heterocycles. The molecule has 4 rings (SSSR count). The number of aromatic nitrogens is 2. The third-order valence-corrected chi connectivity index (χ3v) is 6.54. The molecule has 1 atom stereocenters. The summed E-state index contributed by atoms with van der Waals surface area (Å²) in [6, 6.07) is 10.5. The highest BCUT2D eigenvalue weighted by atomic mass is 16.5. The summed E-state index contributed by atoms with van der Waals surface area (Å²) in [6.07, 6.45) is 4.35. The molecule has 0 radical (unpaired) electrons. The molecule has 1 amide bonds. The Kier molecular flexibility index (Phi) is 7.74. The molecular formula is C28H33N3O5. The molecule has 1 unspecified atom stereocenters. The monoisotopic (exact) mass is 491 g/mol. The second-order valence-electron chi connectivity index (χ2n) is 9.04. The molecule has 190 valence electrons. The van der Waals surface area contributed by atoms with Crippen LogP contribution >= 0.6 is 0 Å². The van der Waals surface area contributed by atoms with Gasteiger partial charge in [0.15, 0.2) is 5.76 Å². The molecule has 36 heavy (non-hydrogen) atoms. The Hall–Kier alpha value is -3.65. The van der Waals surface area contributed by atoms with E-state index in [9.17, 15) is 14.7 Å². The van der Waals surface area contributed by atoms with Crippen LogP contribution in [0.5, 0.6) is 5.75 Å². The van der Waals surface area contributed by atoms with E-state index in [1.807, 2.05) is 60.8 Å². The van der Waals surface area contributed by atoms with Crippen LogP contribution < -0.4 is 4.74 Å². The van der Waals surface area contributed by atoms with E-state index < -0.39 is 17.7 Å². The minimum Gasteiger partial charge on any atom is -0.505 e. The molecular weight excluding hydrogens is 458 g/mol. The van der Waals surface area contributed by atoms with Crippen molar-refractivity contribution < 1.29 is 24.2 Å². The lowest BCUT2D eigenvalue weighted by Gasteiger charge is -2.25. The van der Waals surface area contributed by atoms with Crippen molar-refractivity contribution in [1.82, 2.24) is 14.3 Å². The summed E-state index contributed by atoms with van der Waals surface area (Å²) in [4.78, 5) is 32.6. The lowest BCUT2D eigenvalue weighted by molar-refractivity contribution is -0.140. The number of carbonyl (C=O) groups is 2. The quantitative estimate of drug-likeness (QED) is 0.193. The first-order chi connectivity index (χ1) is 17.4. The number of hydrogen-bond acceptors (Lipinski definition) is 6. The topological polar surface area (TPSA) is 93.4 Å². The van der Waals surface area contributed by atoms with Crippen LogP contribution in [0, 0.1) is 13.8 Å². The summed E-state index contributed by atoms with van der Waals surface area (Å²) in [5, 5.41) is 11.5. The smallest absolute Gasteiger partial charge is 0.295 e. The van der Waals surface area contributed by atoms with Gasteiger partial charge < -0.3 is 23.9 Å². The number of likely N-dealkylation sites (tertiary alicyclic amines) is 1. The van der Waals surface area contributed by atoms with Gasteiger partial charge in [0.1, 0.15) is 17.1 Å². The fourth-order valence-corrected chi connectivity index (χ4v) is 4.62. The number of fused-ring (bicyclic) bond motifs is 1. The van der Waals surface area contributed by atoms with Gasteiger partial charge in [0, 0.05) is 26.5 Å².